The van der Waals surface area contributed by atoms with E-state index in [1.807, 2.05) is 54.7 Å². The van der Waals surface area contributed by atoms with Crippen LogP contribution in [0.4, 0.5) is 0 Å². The lowest BCUT2D eigenvalue weighted by Crippen LogP contribution is -2.29. The standard InChI is InChI=1S/C50H78O14P2/c1-3-5-7-9-11-12-13-14-15-16-17-18-19-20-21-25-28-32-36-40-49(53)60-44-48(45-63-66(58,59)62-43-47(52)42-61-65(55,56)57)64-50(54)41-37-33-29-26-23-22-24-27-31-35-39-46(51)38-34-30-10-8-6-4-2/h5-8,11-12,14-15,17-18,20-23,27,29-31,33-35,39,46-48,51-52H,3-4,9-10,13,16,19,24-26,28,32,36-38,40-45H2,1-2H3,(H,58,59)(H2,55,56,57)/b7-5-,8-6-,12-11-,15-14-,18-17-,21-20-,23-22-,31-27-,33-29-,34-30-,39-35+/t46?,47-,48+/m0/s1. The van der Waals surface area contributed by atoms with Gasteiger partial charge in [-0.25, -0.2) is 9.13 Å². The third-order valence-electron chi connectivity index (χ3n) is 8.62. The van der Waals surface area contributed by atoms with Gasteiger partial charge in [0.1, 0.15) is 12.7 Å². The van der Waals surface area contributed by atoms with Crippen LogP contribution in [0.5, 0.6) is 0 Å². The molecule has 16 heteroatoms. The van der Waals surface area contributed by atoms with E-state index in [4.69, 9.17) is 23.8 Å². The average molecular weight is 965 g/mol. The minimum Gasteiger partial charge on any atom is -0.462 e. The molecule has 2 unspecified atom stereocenters. The van der Waals surface area contributed by atoms with Crippen molar-refractivity contribution in [1.82, 2.24) is 0 Å². The van der Waals surface area contributed by atoms with Crippen molar-refractivity contribution in [3.8, 4) is 0 Å². The lowest BCUT2D eigenvalue weighted by atomic mass is 10.1. The zero-order valence-corrected chi connectivity index (χ0v) is 40.9. The van der Waals surface area contributed by atoms with E-state index in [1.54, 1.807) is 6.08 Å². The zero-order chi connectivity index (χ0) is 48.8. The van der Waals surface area contributed by atoms with Gasteiger partial charge in [0, 0.05) is 12.8 Å². The number of hydrogen-bond acceptors (Lipinski definition) is 11. The molecule has 14 nitrogen and oxygen atoms in total. The number of ether oxygens (including phenoxy) is 2. The van der Waals surface area contributed by atoms with Gasteiger partial charge in [-0.15, -0.1) is 0 Å². The number of esters is 2. The van der Waals surface area contributed by atoms with E-state index in [9.17, 15) is 33.8 Å². The summed E-state index contributed by atoms with van der Waals surface area (Å²) in [5.74, 6) is -1.21. The first-order chi connectivity index (χ1) is 31.8. The summed E-state index contributed by atoms with van der Waals surface area (Å²) in [5, 5.41) is 19.8. The number of allylic oxidation sites excluding steroid dienone is 20. The molecule has 0 aliphatic heterocycles. The number of phosphoric ester groups is 2. The highest BCUT2D eigenvalue weighted by atomic mass is 31.2. The van der Waals surface area contributed by atoms with Crippen molar-refractivity contribution in [3.63, 3.8) is 0 Å². The molecule has 0 aromatic carbocycles. The van der Waals surface area contributed by atoms with Gasteiger partial charge in [0.05, 0.1) is 25.9 Å². The summed E-state index contributed by atoms with van der Waals surface area (Å²) in [7, 11) is -9.75. The van der Waals surface area contributed by atoms with Crippen LogP contribution in [-0.2, 0) is 41.8 Å². The van der Waals surface area contributed by atoms with Crippen molar-refractivity contribution < 1.29 is 66.7 Å². The molecule has 0 rings (SSSR count). The van der Waals surface area contributed by atoms with Crippen LogP contribution in [0.25, 0.3) is 0 Å². The van der Waals surface area contributed by atoms with Crippen LogP contribution in [0.1, 0.15) is 123 Å². The lowest BCUT2D eigenvalue weighted by Gasteiger charge is -2.20. The number of phosphoric acid groups is 2. The van der Waals surface area contributed by atoms with Gasteiger partial charge >= 0.3 is 27.6 Å². The molecule has 0 fully saturated rings. The van der Waals surface area contributed by atoms with E-state index < -0.39 is 72.3 Å². The predicted molar refractivity (Wildman–Crippen MR) is 263 cm³/mol. The molecule has 372 valence electrons. The average Bonchev–Trinajstić information content (AvgIpc) is 3.28. The summed E-state index contributed by atoms with van der Waals surface area (Å²) in [6.45, 7) is 1.31. The van der Waals surface area contributed by atoms with Crippen molar-refractivity contribution in [3.05, 3.63) is 134 Å². The van der Waals surface area contributed by atoms with E-state index in [2.05, 4.69) is 95.8 Å². The van der Waals surface area contributed by atoms with E-state index in [0.717, 1.165) is 64.2 Å². The highest BCUT2D eigenvalue weighted by Gasteiger charge is 2.28. The number of aliphatic hydroxyl groups is 2. The van der Waals surface area contributed by atoms with Crippen LogP contribution < -0.4 is 0 Å². The highest BCUT2D eigenvalue weighted by Crippen LogP contribution is 2.43. The molecule has 0 heterocycles. The normalized spacial score (nSPS) is 15.6. The fourth-order valence-electron chi connectivity index (χ4n) is 5.19. The number of carbonyl (C=O) groups is 2. The monoisotopic (exact) mass is 964 g/mol. The van der Waals surface area contributed by atoms with Gasteiger partial charge in [-0.3, -0.25) is 23.2 Å². The van der Waals surface area contributed by atoms with Gasteiger partial charge in [0.15, 0.2) is 6.10 Å². The quantitative estimate of drug-likeness (QED) is 0.0127. The van der Waals surface area contributed by atoms with Crippen molar-refractivity contribution in [1.29, 1.82) is 0 Å². The van der Waals surface area contributed by atoms with Gasteiger partial charge in [-0.2, -0.15) is 0 Å². The Kier molecular flexibility index (Phi) is 41.3. The van der Waals surface area contributed by atoms with Crippen molar-refractivity contribution in [2.45, 2.75) is 141 Å². The molecule has 0 saturated carbocycles. The van der Waals surface area contributed by atoms with Crippen LogP contribution in [0.15, 0.2) is 134 Å². The third-order valence-corrected chi connectivity index (χ3v) is 10.1. The molecule has 0 saturated heterocycles. The van der Waals surface area contributed by atoms with Gasteiger partial charge in [0.25, 0.3) is 0 Å². The molecule has 66 heavy (non-hydrogen) atoms. The molecule has 0 aliphatic carbocycles. The summed E-state index contributed by atoms with van der Waals surface area (Å²) in [6, 6.07) is 0. The molecule has 0 radical (unpaired) electrons. The smallest absolute Gasteiger partial charge is 0.462 e. The third kappa shape index (κ3) is 46.7. The molecule has 0 bridgehead atoms. The summed E-state index contributed by atoms with van der Waals surface area (Å²) in [5.41, 5.74) is 0. The fraction of sp³-hybridized carbons (Fsp3) is 0.520. The molecule has 5 N–H and O–H groups in total. The summed E-state index contributed by atoms with van der Waals surface area (Å²) >= 11 is 0. The number of hydrogen-bond donors (Lipinski definition) is 5. The Bertz CT molecular complexity index is 1680. The first kappa shape index (κ1) is 62.2. The van der Waals surface area contributed by atoms with Crippen molar-refractivity contribution in [2.24, 2.45) is 0 Å². The largest absolute Gasteiger partial charge is 0.472 e. The maximum absolute atomic E-state index is 12.7. The molecule has 0 aliphatic rings. The Morgan fingerprint density at radius 2 is 0.985 bits per heavy atom. The number of rotatable bonds is 41. The van der Waals surface area contributed by atoms with Crippen LogP contribution >= 0.6 is 15.6 Å². The Labute approximate surface area is 394 Å². The lowest BCUT2D eigenvalue weighted by molar-refractivity contribution is -0.161. The van der Waals surface area contributed by atoms with Crippen molar-refractivity contribution >= 4 is 27.6 Å². The molecule has 4 atom stereocenters. The Morgan fingerprint density at radius 1 is 0.500 bits per heavy atom. The van der Waals surface area contributed by atoms with E-state index >= 15 is 0 Å². The maximum atomic E-state index is 12.7. The van der Waals surface area contributed by atoms with Crippen LogP contribution in [0.3, 0.4) is 0 Å². The second kappa shape index (κ2) is 43.8. The molecule has 0 amide bonds. The maximum Gasteiger partial charge on any atom is 0.472 e. The number of aliphatic hydroxyl groups excluding tert-OH is 2. The van der Waals surface area contributed by atoms with Crippen LogP contribution in [0.2, 0.25) is 0 Å². The number of carbonyl (C=O) groups excluding carboxylic acids is 2. The van der Waals surface area contributed by atoms with Crippen LogP contribution in [-0.4, -0.2) is 81.6 Å². The first-order valence-electron chi connectivity index (χ1n) is 23.0. The van der Waals surface area contributed by atoms with Gasteiger partial charge < -0.3 is 34.4 Å². The minimum absolute atomic E-state index is 0.0335. The topological polar surface area (TPSA) is 216 Å². The first-order valence-corrected chi connectivity index (χ1v) is 26.0. The molecule has 0 spiro atoms. The molecular formula is C50H78O14P2. The SMILES string of the molecule is CC/C=C\C/C=C\C/C=C\C/C=C\C/C=C\CCCCCC(=O)OC[C@H](COP(=O)(O)OC[C@@H](O)COP(=O)(O)O)OC(=O)CC/C=C\C/C=C\C/C=C\C=C\C(O)C/C=C\C/C=C\CC. The Balaban J connectivity index is 4.75. The van der Waals surface area contributed by atoms with Crippen molar-refractivity contribution in [2.75, 3.05) is 26.4 Å². The fourth-order valence-corrected chi connectivity index (χ4v) is 6.34. The summed E-state index contributed by atoms with van der Waals surface area (Å²) < 4.78 is 47.7. The second-order valence-electron chi connectivity index (χ2n) is 14.8. The van der Waals surface area contributed by atoms with Gasteiger partial charge in [0.2, 0.25) is 0 Å². The summed E-state index contributed by atoms with van der Waals surface area (Å²) in [4.78, 5) is 52.8. The zero-order valence-electron chi connectivity index (χ0n) is 39.1. The van der Waals surface area contributed by atoms with Crippen LogP contribution in [0, 0.1) is 0 Å². The highest BCUT2D eigenvalue weighted by molar-refractivity contribution is 7.47. The van der Waals surface area contributed by atoms with Gasteiger partial charge in [-0.05, 0) is 89.9 Å². The van der Waals surface area contributed by atoms with Gasteiger partial charge in [-0.1, -0.05) is 154 Å². The summed E-state index contributed by atoms with van der Waals surface area (Å²) in [6.07, 6.45) is 53.4. The minimum atomic E-state index is -4.89. The second-order valence-corrected chi connectivity index (χ2v) is 17.5. The van der Waals surface area contributed by atoms with E-state index in [0.29, 0.717) is 32.1 Å². The Morgan fingerprint density at radius 3 is 1.55 bits per heavy atom. The van der Waals surface area contributed by atoms with E-state index in [-0.39, 0.29) is 12.8 Å². The molecule has 0 aromatic heterocycles. The number of unbranched alkanes of at least 4 members (excludes halogenated alkanes) is 3. The molecule has 0 aromatic rings. The Hall–Kier alpha value is -3.78. The predicted octanol–water partition coefficient (Wildman–Crippen LogP) is 11.2. The molecular weight excluding hydrogens is 886 g/mol. The van der Waals surface area contributed by atoms with E-state index in [1.165, 1.54) is 0 Å².